The van der Waals surface area contributed by atoms with Crippen LogP contribution < -0.4 is 5.32 Å². The molecule has 2 nitrogen and oxygen atoms in total. The minimum absolute atomic E-state index is 0.212. The molecule has 1 N–H and O–H groups in total. The molecule has 0 fully saturated rings. The number of nitrogens with one attached hydrogen (secondary N) is 1. The maximum Gasteiger partial charge on any atom is 0.00967 e. The van der Waals surface area contributed by atoms with Crippen LogP contribution in [0.15, 0.2) is 0 Å². The third kappa shape index (κ3) is 7.38. The number of hydrogen-bond donors (Lipinski definition) is 1. The van der Waals surface area contributed by atoms with Crippen LogP contribution in [0, 0.1) is 5.41 Å². The first-order chi connectivity index (χ1) is 8.13. The lowest BCUT2D eigenvalue weighted by Crippen LogP contribution is -2.48. The standard InChI is InChI=1S/C16H36N2/c1-9-11-16(7,12-17-15(4,5)6)13-18(8)14(3)10-2/h14,17H,9-13H2,1-8H3. The first-order valence-corrected chi connectivity index (χ1v) is 7.59. The van der Waals surface area contributed by atoms with E-state index in [0.717, 1.165) is 6.54 Å². The highest BCUT2D eigenvalue weighted by molar-refractivity contribution is 4.84. The van der Waals surface area contributed by atoms with Crippen molar-refractivity contribution >= 4 is 0 Å². The Hall–Kier alpha value is -0.0800. The lowest BCUT2D eigenvalue weighted by molar-refractivity contribution is 0.132. The second kappa shape index (κ2) is 7.49. The summed E-state index contributed by atoms with van der Waals surface area (Å²) in [6, 6.07) is 0.677. The second-order valence-corrected chi connectivity index (χ2v) is 7.34. The molecule has 0 saturated carbocycles. The molecule has 0 rings (SSSR count). The molecule has 0 aliphatic heterocycles. The molecule has 0 radical (unpaired) electrons. The van der Waals surface area contributed by atoms with Gasteiger partial charge in [0, 0.05) is 24.7 Å². The molecule has 0 heterocycles. The van der Waals surface area contributed by atoms with Gasteiger partial charge < -0.3 is 10.2 Å². The Bertz CT molecular complexity index is 220. The van der Waals surface area contributed by atoms with E-state index < -0.39 is 0 Å². The second-order valence-electron chi connectivity index (χ2n) is 7.34. The fourth-order valence-electron chi connectivity index (χ4n) is 2.38. The van der Waals surface area contributed by atoms with Crippen molar-refractivity contribution in [3.05, 3.63) is 0 Å². The summed E-state index contributed by atoms with van der Waals surface area (Å²) >= 11 is 0. The third-order valence-electron chi connectivity index (χ3n) is 3.87. The van der Waals surface area contributed by atoms with E-state index in [-0.39, 0.29) is 5.54 Å². The van der Waals surface area contributed by atoms with E-state index in [1.807, 2.05) is 0 Å². The molecule has 0 saturated heterocycles. The van der Waals surface area contributed by atoms with Gasteiger partial charge in [0.2, 0.25) is 0 Å². The molecule has 110 valence electrons. The largest absolute Gasteiger partial charge is 0.311 e. The Balaban J connectivity index is 4.50. The van der Waals surface area contributed by atoms with Gasteiger partial charge in [-0.2, -0.15) is 0 Å². The van der Waals surface area contributed by atoms with E-state index in [2.05, 4.69) is 65.7 Å². The average molecular weight is 256 g/mol. The van der Waals surface area contributed by atoms with E-state index >= 15 is 0 Å². The molecular weight excluding hydrogens is 220 g/mol. The predicted molar refractivity (Wildman–Crippen MR) is 83.2 cm³/mol. The van der Waals surface area contributed by atoms with Crippen molar-refractivity contribution in [1.82, 2.24) is 10.2 Å². The quantitative estimate of drug-likeness (QED) is 0.708. The van der Waals surface area contributed by atoms with Gasteiger partial charge in [0.1, 0.15) is 0 Å². The van der Waals surface area contributed by atoms with Crippen molar-refractivity contribution in [2.75, 3.05) is 20.1 Å². The summed E-state index contributed by atoms with van der Waals surface area (Å²) in [5.74, 6) is 0. The van der Waals surface area contributed by atoms with E-state index in [9.17, 15) is 0 Å². The van der Waals surface area contributed by atoms with Crippen LogP contribution in [0.3, 0.4) is 0 Å². The van der Waals surface area contributed by atoms with E-state index in [0.29, 0.717) is 11.5 Å². The third-order valence-corrected chi connectivity index (χ3v) is 3.87. The number of hydrogen-bond acceptors (Lipinski definition) is 2. The van der Waals surface area contributed by atoms with Crippen LogP contribution in [0.1, 0.15) is 67.7 Å². The highest BCUT2D eigenvalue weighted by Crippen LogP contribution is 2.25. The maximum absolute atomic E-state index is 3.68. The van der Waals surface area contributed by atoms with Crippen LogP contribution >= 0.6 is 0 Å². The minimum atomic E-state index is 0.212. The van der Waals surface area contributed by atoms with Gasteiger partial charge in [0.05, 0.1) is 0 Å². The average Bonchev–Trinajstić information content (AvgIpc) is 2.25. The van der Waals surface area contributed by atoms with Crippen LogP contribution in [0.5, 0.6) is 0 Å². The Morgan fingerprint density at radius 3 is 2.06 bits per heavy atom. The van der Waals surface area contributed by atoms with Gasteiger partial charge in [-0.15, -0.1) is 0 Å². The summed E-state index contributed by atoms with van der Waals surface area (Å²) in [5.41, 5.74) is 0.587. The zero-order valence-electron chi connectivity index (χ0n) is 14.1. The van der Waals surface area contributed by atoms with Crippen LogP contribution in [-0.4, -0.2) is 36.6 Å². The summed E-state index contributed by atoms with van der Waals surface area (Å²) in [4.78, 5) is 2.51. The molecule has 2 unspecified atom stereocenters. The first kappa shape index (κ1) is 17.9. The first-order valence-electron chi connectivity index (χ1n) is 7.59. The normalized spacial score (nSPS) is 17.8. The van der Waals surface area contributed by atoms with Crippen molar-refractivity contribution in [3.8, 4) is 0 Å². The van der Waals surface area contributed by atoms with Crippen molar-refractivity contribution < 1.29 is 0 Å². The molecule has 0 bridgehead atoms. The summed E-state index contributed by atoms with van der Waals surface area (Å²) in [6.07, 6.45) is 3.78. The van der Waals surface area contributed by atoms with Crippen LogP contribution in [0.2, 0.25) is 0 Å². The highest BCUT2D eigenvalue weighted by atomic mass is 15.1. The topological polar surface area (TPSA) is 15.3 Å². The fraction of sp³-hybridized carbons (Fsp3) is 1.00. The van der Waals surface area contributed by atoms with Gasteiger partial charge in [-0.3, -0.25) is 0 Å². The van der Waals surface area contributed by atoms with Crippen LogP contribution in [0.4, 0.5) is 0 Å². The number of nitrogens with zero attached hydrogens (tertiary/aromatic N) is 1. The van der Waals surface area contributed by atoms with Gasteiger partial charge in [-0.25, -0.2) is 0 Å². The lowest BCUT2D eigenvalue weighted by atomic mass is 9.83. The van der Waals surface area contributed by atoms with E-state index in [1.165, 1.54) is 25.8 Å². The zero-order chi connectivity index (χ0) is 14.4. The van der Waals surface area contributed by atoms with Gasteiger partial charge in [0.15, 0.2) is 0 Å². The Morgan fingerprint density at radius 2 is 1.67 bits per heavy atom. The molecule has 0 aliphatic carbocycles. The Labute approximate surface area is 116 Å². The van der Waals surface area contributed by atoms with Crippen molar-refractivity contribution in [1.29, 1.82) is 0 Å². The van der Waals surface area contributed by atoms with Gasteiger partial charge in [0.25, 0.3) is 0 Å². The summed E-state index contributed by atoms with van der Waals surface area (Å²) < 4.78 is 0. The highest BCUT2D eigenvalue weighted by Gasteiger charge is 2.27. The molecule has 0 aromatic heterocycles. The van der Waals surface area contributed by atoms with Gasteiger partial charge >= 0.3 is 0 Å². The molecule has 0 aromatic carbocycles. The molecule has 0 aromatic rings. The molecule has 2 heteroatoms. The predicted octanol–water partition coefficient (Wildman–Crippen LogP) is 3.91. The molecule has 0 amide bonds. The monoisotopic (exact) mass is 256 g/mol. The lowest BCUT2D eigenvalue weighted by Gasteiger charge is -2.38. The van der Waals surface area contributed by atoms with Gasteiger partial charge in [-0.1, -0.05) is 27.2 Å². The molecule has 0 aliphatic rings. The molecular formula is C16H36N2. The zero-order valence-corrected chi connectivity index (χ0v) is 14.1. The van der Waals surface area contributed by atoms with Crippen LogP contribution in [0.25, 0.3) is 0 Å². The van der Waals surface area contributed by atoms with Gasteiger partial charge in [-0.05, 0) is 53.0 Å². The van der Waals surface area contributed by atoms with E-state index in [4.69, 9.17) is 0 Å². The molecule has 18 heavy (non-hydrogen) atoms. The smallest absolute Gasteiger partial charge is 0.00967 e. The van der Waals surface area contributed by atoms with E-state index in [1.54, 1.807) is 0 Å². The molecule has 2 atom stereocenters. The SMILES string of the molecule is CCCC(C)(CNC(C)(C)C)CN(C)C(C)CC. The van der Waals surface area contributed by atoms with Crippen molar-refractivity contribution in [2.45, 2.75) is 79.3 Å². The Morgan fingerprint density at radius 1 is 1.11 bits per heavy atom. The maximum atomic E-state index is 3.68. The fourth-order valence-corrected chi connectivity index (χ4v) is 2.38. The van der Waals surface area contributed by atoms with Crippen molar-refractivity contribution in [2.24, 2.45) is 5.41 Å². The number of rotatable bonds is 8. The minimum Gasteiger partial charge on any atom is -0.311 e. The van der Waals surface area contributed by atoms with Crippen molar-refractivity contribution in [3.63, 3.8) is 0 Å². The molecule has 0 spiro atoms. The summed E-state index contributed by atoms with van der Waals surface area (Å²) in [5, 5.41) is 3.68. The van der Waals surface area contributed by atoms with Crippen LogP contribution in [-0.2, 0) is 0 Å². The Kier molecular flexibility index (Phi) is 7.46. The summed E-state index contributed by atoms with van der Waals surface area (Å²) in [7, 11) is 2.26. The summed E-state index contributed by atoms with van der Waals surface area (Å²) in [6.45, 7) is 18.3.